The fraction of sp³-hybridized carbons (Fsp3) is 0.0455. The quantitative estimate of drug-likeness (QED) is 0.792. The van der Waals surface area contributed by atoms with Crippen molar-refractivity contribution in [1.82, 2.24) is 4.90 Å². The fourth-order valence-electron chi connectivity index (χ4n) is 3.44. The molecule has 4 rings (SSSR count). The van der Waals surface area contributed by atoms with Crippen LogP contribution in [0.3, 0.4) is 0 Å². The third kappa shape index (κ3) is 2.95. The average Bonchev–Trinajstić information content (AvgIpc) is 2.74. The molecule has 8 heteroatoms. The molecular formula is C22H12F2N4OS. The zero-order chi connectivity index (χ0) is 21.4. The van der Waals surface area contributed by atoms with E-state index in [2.05, 4.69) is 0 Å². The first-order chi connectivity index (χ1) is 14.5. The van der Waals surface area contributed by atoms with Crippen molar-refractivity contribution in [3.05, 3.63) is 99.4 Å². The Morgan fingerprint density at radius 1 is 0.967 bits per heavy atom. The molecule has 5 nitrogen and oxygen atoms in total. The Hall–Kier alpha value is -3.88. The van der Waals surface area contributed by atoms with Crippen molar-refractivity contribution in [2.24, 2.45) is 5.73 Å². The van der Waals surface area contributed by atoms with Crippen molar-refractivity contribution in [2.45, 2.75) is 5.92 Å². The summed E-state index contributed by atoms with van der Waals surface area (Å²) in [4.78, 5) is 14.2. The number of hydrogen-bond donors (Lipinski definition) is 1. The number of allylic oxidation sites excluding steroid dienone is 2. The SMILES string of the molecule is N#CC1=C(N)N2C(=O)C=C(c3ccccc3F)SC2=C(C#N)C1c1ccccc1F. The topological polar surface area (TPSA) is 93.9 Å². The number of nitriles is 2. The van der Waals surface area contributed by atoms with Crippen LogP contribution in [0.5, 0.6) is 0 Å². The van der Waals surface area contributed by atoms with Gasteiger partial charge in [-0.15, -0.1) is 0 Å². The molecule has 1 amide bonds. The zero-order valence-corrected chi connectivity index (χ0v) is 16.1. The van der Waals surface area contributed by atoms with Crippen molar-refractivity contribution in [3.8, 4) is 12.1 Å². The molecule has 0 fully saturated rings. The van der Waals surface area contributed by atoms with Gasteiger partial charge in [0, 0.05) is 22.1 Å². The number of hydrogen-bond acceptors (Lipinski definition) is 5. The number of fused-ring (bicyclic) bond motifs is 1. The molecule has 2 N–H and O–H groups in total. The van der Waals surface area contributed by atoms with E-state index in [0.717, 1.165) is 16.7 Å². The number of rotatable bonds is 2. The van der Waals surface area contributed by atoms with Gasteiger partial charge in [-0.3, -0.25) is 9.69 Å². The van der Waals surface area contributed by atoms with Crippen LogP contribution in [0.25, 0.3) is 4.91 Å². The highest BCUT2D eigenvalue weighted by molar-refractivity contribution is 8.11. The van der Waals surface area contributed by atoms with Gasteiger partial charge in [0.1, 0.15) is 22.5 Å². The molecule has 146 valence electrons. The summed E-state index contributed by atoms with van der Waals surface area (Å²) in [5.41, 5.74) is 6.30. The van der Waals surface area contributed by atoms with Gasteiger partial charge in [-0.05, 0) is 12.1 Å². The monoisotopic (exact) mass is 418 g/mol. The molecule has 2 heterocycles. The number of halogens is 2. The van der Waals surface area contributed by atoms with Crippen LogP contribution in [0.15, 0.2) is 76.6 Å². The highest BCUT2D eigenvalue weighted by Crippen LogP contribution is 2.50. The predicted octanol–water partition coefficient (Wildman–Crippen LogP) is 4.11. The lowest BCUT2D eigenvalue weighted by atomic mass is 9.83. The van der Waals surface area contributed by atoms with Crippen LogP contribution in [0.1, 0.15) is 17.0 Å². The summed E-state index contributed by atoms with van der Waals surface area (Å²) in [5, 5.41) is 19.7. The second-order valence-corrected chi connectivity index (χ2v) is 7.49. The van der Waals surface area contributed by atoms with E-state index in [1.807, 2.05) is 12.1 Å². The van der Waals surface area contributed by atoms with E-state index in [4.69, 9.17) is 5.73 Å². The van der Waals surface area contributed by atoms with E-state index in [1.54, 1.807) is 12.1 Å². The molecule has 0 aliphatic carbocycles. The van der Waals surface area contributed by atoms with Crippen LogP contribution in [0, 0.1) is 34.3 Å². The maximum Gasteiger partial charge on any atom is 0.258 e. The Bertz CT molecular complexity index is 1270. The van der Waals surface area contributed by atoms with Crippen LogP contribution in [-0.2, 0) is 4.79 Å². The minimum Gasteiger partial charge on any atom is -0.384 e. The number of benzene rings is 2. The van der Waals surface area contributed by atoms with Crippen LogP contribution >= 0.6 is 11.8 Å². The van der Waals surface area contributed by atoms with Crippen molar-refractivity contribution in [3.63, 3.8) is 0 Å². The molecule has 2 aliphatic rings. The van der Waals surface area contributed by atoms with Gasteiger partial charge in [-0.2, -0.15) is 10.5 Å². The highest BCUT2D eigenvalue weighted by atomic mass is 32.2. The van der Waals surface area contributed by atoms with E-state index >= 15 is 0 Å². The normalized spacial score (nSPS) is 18.5. The summed E-state index contributed by atoms with van der Waals surface area (Å²) >= 11 is 0.977. The summed E-state index contributed by atoms with van der Waals surface area (Å²) in [7, 11) is 0. The number of nitrogens with two attached hydrogens (primary N) is 1. The lowest BCUT2D eigenvalue weighted by Gasteiger charge is -2.36. The smallest absolute Gasteiger partial charge is 0.258 e. The van der Waals surface area contributed by atoms with Gasteiger partial charge in [0.25, 0.3) is 5.91 Å². The molecule has 0 radical (unpaired) electrons. The lowest BCUT2D eigenvalue weighted by Crippen LogP contribution is -2.39. The summed E-state index contributed by atoms with van der Waals surface area (Å²) in [6.45, 7) is 0. The standard InChI is InChI=1S/C22H12F2N4OS/c23-16-7-3-1-5-12(16)18-9-19(29)28-21(27)14(10-25)20(15(11-26)22(28)30-18)13-6-2-4-8-17(13)24/h1-9,20H,27H2. The molecule has 0 spiro atoms. The molecule has 1 atom stereocenters. The summed E-state index contributed by atoms with van der Waals surface area (Å²) in [6.07, 6.45) is 1.20. The summed E-state index contributed by atoms with van der Waals surface area (Å²) in [5.74, 6) is -3.01. The van der Waals surface area contributed by atoms with Crippen LogP contribution < -0.4 is 5.73 Å². The zero-order valence-electron chi connectivity index (χ0n) is 15.3. The van der Waals surface area contributed by atoms with Gasteiger partial charge in [0.05, 0.1) is 29.2 Å². The van der Waals surface area contributed by atoms with Gasteiger partial charge >= 0.3 is 0 Å². The van der Waals surface area contributed by atoms with Gasteiger partial charge in [-0.25, -0.2) is 8.78 Å². The molecule has 2 aliphatic heterocycles. The van der Waals surface area contributed by atoms with E-state index < -0.39 is 23.5 Å². The van der Waals surface area contributed by atoms with Crippen LogP contribution in [-0.4, -0.2) is 10.8 Å². The second-order valence-electron chi connectivity index (χ2n) is 6.46. The first kappa shape index (κ1) is 19.4. The third-order valence-corrected chi connectivity index (χ3v) is 5.96. The second kappa shape index (κ2) is 7.51. The maximum absolute atomic E-state index is 14.6. The molecule has 30 heavy (non-hydrogen) atoms. The summed E-state index contributed by atoms with van der Waals surface area (Å²) < 4.78 is 28.9. The van der Waals surface area contributed by atoms with E-state index in [9.17, 15) is 24.1 Å². The number of nitrogens with zero attached hydrogens (tertiary/aromatic N) is 3. The van der Waals surface area contributed by atoms with Crippen molar-refractivity contribution in [2.75, 3.05) is 0 Å². The molecular weight excluding hydrogens is 406 g/mol. The Morgan fingerprint density at radius 2 is 1.60 bits per heavy atom. The Morgan fingerprint density at radius 3 is 2.23 bits per heavy atom. The van der Waals surface area contributed by atoms with Crippen molar-refractivity contribution < 1.29 is 13.6 Å². The largest absolute Gasteiger partial charge is 0.384 e. The molecule has 0 saturated carbocycles. The van der Waals surface area contributed by atoms with Crippen molar-refractivity contribution >= 4 is 22.6 Å². The van der Waals surface area contributed by atoms with Gasteiger partial charge < -0.3 is 5.73 Å². The molecule has 1 unspecified atom stereocenters. The lowest BCUT2D eigenvalue weighted by molar-refractivity contribution is -0.122. The molecule has 0 aromatic heterocycles. The van der Waals surface area contributed by atoms with Crippen LogP contribution in [0.4, 0.5) is 8.78 Å². The number of carbonyl (C=O) groups is 1. The Balaban J connectivity index is 1.95. The van der Waals surface area contributed by atoms with Crippen molar-refractivity contribution in [1.29, 1.82) is 10.5 Å². The van der Waals surface area contributed by atoms with Gasteiger partial charge in [-0.1, -0.05) is 48.2 Å². The van der Waals surface area contributed by atoms with E-state index in [1.165, 1.54) is 42.5 Å². The summed E-state index contributed by atoms with van der Waals surface area (Å²) in [6, 6.07) is 15.6. The first-order valence-electron chi connectivity index (χ1n) is 8.75. The predicted molar refractivity (Wildman–Crippen MR) is 107 cm³/mol. The maximum atomic E-state index is 14.6. The van der Waals surface area contributed by atoms with Gasteiger partial charge in [0.2, 0.25) is 0 Å². The van der Waals surface area contributed by atoms with E-state index in [0.29, 0.717) is 0 Å². The molecule has 0 saturated heterocycles. The van der Waals surface area contributed by atoms with Gasteiger partial charge in [0.15, 0.2) is 0 Å². The number of carbonyl (C=O) groups excluding carboxylic acids is 1. The highest BCUT2D eigenvalue weighted by Gasteiger charge is 2.41. The minimum absolute atomic E-state index is 0.00820. The average molecular weight is 418 g/mol. The Kier molecular flexibility index (Phi) is 4.86. The van der Waals surface area contributed by atoms with E-state index in [-0.39, 0.29) is 38.0 Å². The van der Waals surface area contributed by atoms with Crippen LogP contribution in [0.2, 0.25) is 0 Å². The first-order valence-corrected chi connectivity index (χ1v) is 9.56. The number of amides is 1. The Labute approximate surface area is 175 Å². The minimum atomic E-state index is -1.08. The number of thioether (sulfide) groups is 1. The molecule has 2 aromatic carbocycles. The third-order valence-electron chi connectivity index (χ3n) is 4.81. The fourth-order valence-corrected chi connectivity index (χ4v) is 4.64. The molecule has 2 aromatic rings. The molecule has 0 bridgehead atoms.